The van der Waals surface area contributed by atoms with Gasteiger partial charge in [-0.3, -0.25) is 0 Å². The second kappa shape index (κ2) is 7.24. The van der Waals surface area contributed by atoms with Gasteiger partial charge in [-0.2, -0.15) is 13.2 Å². The number of benzene rings is 1. The number of halogens is 3. The van der Waals surface area contributed by atoms with Crippen molar-refractivity contribution in [1.29, 1.82) is 0 Å². The van der Waals surface area contributed by atoms with Crippen molar-refractivity contribution in [2.24, 2.45) is 0 Å². The van der Waals surface area contributed by atoms with Crippen LogP contribution < -0.4 is 10.0 Å². The number of hydrogen-bond donors (Lipinski definition) is 2. The van der Waals surface area contributed by atoms with Crippen molar-refractivity contribution in [3.63, 3.8) is 0 Å². The fraction of sp³-hybridized carbons (Fsp3) is 0.538. The Hall–Kier alpha value is -1.12. The quantitative estimate of drug-likeness (QED) is 0.808. The first-order chi connectivity index (χ1) is 9.68. The van der Waals surface area contributed by atoms with Crippen LogP contribution >= 0.6 is 0 Å². The van der Waals surface area contributed by atoms with Crippen molar-refractivity contribution in [3.8, 4) is 0 Å². The summed E-state index contributed by atoms with van der Waals surface area (Å²) in [6.45, 7) is 3.82. The summed E-state index contributed by atoms with van der Waals surface area (Å²) in [6, 6.07) is 4.92. The van der Waals surface area contributed by atoms with E-state index < -0.39 is 27.0 Å². The average Bonchev–Trinajstić information content (AvgIpc) is 2.41. The van der Waals surface area contributed by atoms with E-state index in [0.717, 1.165) is 6.07 Å². The maximum atomic E-state index is 12.8. The molecule has 0 aromatic heterocycles. The Morgan fingerprint density at radius 2 is 1.86 bits per heavy atom. The second-order valence-corrected chi connectivity index (χ2v) is 6.82. The molecular formula is C13H19F3N2O2S. The molecule has 2 N–H and O–H groups in total. The normalized spacial score (nSPS) is 14.1. The van der Waals surface area contributed by atoms with E-state index in [9.17, 15) is 21.6 Å². The van der Waals surface area contributed by atoms with Gasteiger partial charge in [0.1, 0.15) is 0 Å². The number of alkyl halides is 3. The standard InChI is InChI=1S/C13H19F3N2O2S/c1-3-17-8-10(2)21(19,20)18-9-11-6-4-5-7-12(11)13(14,15)16/h4-7,10,17-18H,3,8-9H2,1-2H3. The zero-order chi connectivity index (χ0) is 16.1. The van der Waals surface area contributed by atoms with Crippen LogP contribution in [0.1, 0.15) is 25.0 Å². The fourth-order valence-corrected chi connectivity index (χ4v) is 2.71. The predicted molar refractivity (Wildman–Crippen MR) is 75.2 cm³/mol. The van der Waals surface area contributed by atoms with Crippen molar-refractivity contribution in [1.82, 2.24) is 10.0 Å². The van der Waals surface area contributed by atoms with Gasteiger partial charge in [-0.25, -0.2) is 13.1 Å². The monoisotopic (exact) mass is 324 g/mol. The topological polar surface area (TPSA) is 58.2 Å². The molecule has 8 heteroatoms. The first-order valence-electron chi connectivity index (χ1n) is 6.52. The van der Waals surface area contributed by atoms with E-state index in [1.165, 1.54) is 25.1 Å². The van der Waals surface area contributed by atoms with Crippen LogP contribution in [0.3, 0.4) is 0 Å². The van der Waals surface area contributed by atoms with Gasteiger partial charge >= 0.3 is 6.18 Å². The summed E-state index contributed by atoms with van der Waals surface area (Å²) in [7, 11) is -3.67. The Kier molecular flexibility index (Phi) is 6.18. The Bertz CT molecular complexity index is 559. The third-order valence-electron chi connectivity index (χ3n) is 3.00. The van der Waals surface area contributed by atoms with E-state index in [4.69, 9.17) is 0 Å². The molecule has 120 valence electrons. The highest BCUT2D eigenvalue weighted by Crippen LogP contribution is 2.31. The fourth-order valence-electron chi connectivity index (χ4n) is 1.73. The first-order valence-corrected chi connectivity index (χ1v) is 8.07. The smallest absolute Gasteiger partial charge is 0.316 e. The van der Waals surface area contributed by atoms with Gasteiger partial charge in [-0.15, -0.1) is 0 Å². The number of sulfonamides is 1. The van der Waals surface area contributed by atoms with E-state index >= 15 is 0 Å². The van der Waals surface area contributed by atoms with Gasteiger partial charge in [0.05, 0.1) is 10.8 Å². The van der Waals surface area contributed by atoms with Gasteiger partial charge in [-0.05, 0) is 25.1 Å². The summed E-state index contributed by atoms with van der Waals surface area (Å²) in [6.07, 6.45) is -4.50. The summed E-state index contributed by atoms with van der Waals surface area (Å²) < 4.78 is 64.5. The number of hydrogen-bond acceptors (Lipinski definition) is 3. The van der Waals surface area contributed by atoms with Crippen LogP contribution in [0.15, 0.2) is 24.3 Å². The molecule has 0 bridgehead atoms. The third-order valence-corrected chi connectivity index (χ3v) is 4.77. The van der Waals surface area contributed by atoms with Gasteiger partial charge in [0.15, 0.2) is 0 Å². The van der Waals surface area contributed by atoms with Crippen molar-refractivity contribution in [2.45, 2.75) is 31.8 Å². The highest BCUT2D eigenvalue weighted by molar-refractivity contribution is 7.90. The summed E-state index contributed by atoms with van der Waals surface area (Å²) in [5, 5.41) is 2.16. The molecule has 1 atom stereocenters. The zero-order valence-corrected chi connectivity index (χ0v) is 12.7. The molecule has 1 unspecified atom stereocenters. The lowest BCUT2D eigenvalue weighted by Gasteiger charge is -2.16. The summed E-state index contributed by atoms with van der Waals surface area (Å²) >= 11 is 0. The largest absolute Gasteiger partial charge is 0.416 e. The van der Waals surface area contributed by atoms with Crippen LogP contribution in [0.4, 0.5) is 13.2 Å². The third kappa shape index (κ3) is 5.29. The lowest BCUT2D eigenvalue weighted by molar-refractivity contribution is -0.138. The molecule has 1 aromatic carbocycles. The Morgan fingerprint density at radius 3 is 2.43 bits per heavy atom. The van der Waals surface area contributed by atoms with Crippen molar-refractivity contribution < 1.29 is 21.6 Å². The maximum absolute atomic E-state index is 12.8. The van der Waals surface area contributed by atoms with E-state index in [1.807, 2.05) is 6.92 Å². The van der Waals surface area contributed by atoms with Gasteiger partial charge in [0, 0.05) is 13.1 Å². The molecular weight excluding hydrogens is 305 g/mol. The molecule has 0 spiro atoms. The second-order valence-electron chi connectivity index (χ2n) is 4.64. The van der Waals surface area contributed by atoms with Crippen LogP contribution in [0.25, 0.3) is 0 Å². The van der Waals surface area contributed by atoms with Crippen LogP contribution in [-0.4, -0.2) is 26.8 Å². The Labute approximate surface area is 122 Å². The maximum Gasteiger partial charge on any atom is 0.416 e. The molecule has 1 aromatic rings. The van der Waals surface area contributed by atoms with Gasteiger partial charge in [0.25, 0.3) is 0 Å². The lowest BCUT2D eigenvalue weighted by Crippen LogP contribution is -2.38. The van der Waals surface area contributed by atoms with Gasteiger partial charge in [0.2, 0.25) is 10.0 Å². The molecule has 0 aliphatic carbocycles. The SMILES string of the molecule is CCNCC(C)S(=O)(=O)NCc1ccccc1C(F)(F)F. The highest BCUT2D eigenvalue weighted by atomic mass is 32.2. The molecule has 1 rings (SSSR count). The van der Waals surface area contributed by atoms with Crippen LogP contribution in [0, 0.1) is 0 Å². The molecule has 4 nitrogen and oxygen atoms in total. The minimum atomic E-state index is -4.50. The minimum Gasteiger partial charge on any atom is -0.316 e. The number of nitrogens with one attached hydrogen (secondary N) is 2. The lowest BCUT2D eigenvalue weighted by atomic mass is 10.1. The highest BCUT2D eigenvalue weighted by Gasteiger charge is 2.33. The molecule has 21 heavy (non-hydrogen) atoms. The molecule has 0 heterocycles. The van der Waals surface area contributed by atoms with E-state index in [1.54, 1.807) is 0 Å². The van der Waals surface area contributed by atoms with Crippen molar-refractivity contribution >= 4 is 10.0 Å². The molecule has 0 radical (unpaired) electrons. The van der Waals surface area contributed by atoms with Crippen molar-refractivity contribution in [2.75, 3.05) is 13.1 Å². The zero-order valence-electron chi connectivity index (χ0n) is 11.9. The van der Waals surface area contributed by atoms with Crippen molar-refractivity contribution in [3.05, 3.63) is 35.4 Å². The Morgan fingerprint density at radius 1 is 1.24 bits per heavy atom. The minimum absolute atomic E-state index is 0.0933. The van der Waals surface area contributed by atoms with Gasteiger partial charge in [-0.1, -0.05) is 25.1 Å². The molecule has 0 aliphatic heterocycles. The summed E-state index contributed by atoms with van der Waals surface area (Å²) in [4.78, 5) is 0. The molecule has 0 fully saturated rings. The van der Waals surface area contributed by atoms with E-state index in [0.29, 0.717) is 6.54 Å². The molecule has 0 aliphatic rings. The van der Waals surface area contributed by atoms with Crippen LogP contribution in [0.5, 0.6) is 0 Å². The predicted octanol–water partition coefficient (Wildman–Crippen LogP) is 2.12. The van der Waals surface area contributed by atoms with E-state index in [-0.39, 0.29) is 18.7 Å². The molecule has 0 saturated carbocycles. The molecule has 0 amide bonds. The number of rotatable bonds is 7. The molecule has 0 saturated heterocycles. The average molecular weight is 324 g/mol. The van der Waals surface area contributed by atoms with Gasteiger partial charge < -0.3 is 5.32 Å². The van der Waals surface area contributed by atoms with E-state index in [2.05, 4.69) is 10.0 Å². The Balaban J connectivity index is 2.80. The first kappa shape index (κ1) is 17.9. The summed E-state index contributed by atoms with van der Waals surface area (Å²) in [5.74, 6) is 0. The van der Waals surface area contributed by atoms with Crippen LogP contribution in [-0.2, 0) is 22.7 Å². The summed E-state index contributed by atoms with van der Waals surface area (Å²) in [5.41, 5.74) is -0.920. The van der Waals surface area contributed by atoms with Crippen LogP contribution in [0.2, 0.25) is 0 Å².